The quantitative estimate of drug-likeness (QED) is 0.627. The first-order valence-electron chi connectivity index (χ1n) is 12.8. The smallest absolute Gasteiger partial charge is 0.408 e. The molecule has 3 amide bonds. The molecule has 0 aliphatic carbocycles. The summed E-state index contributed by atoms with van der Waals surface area (Å²) in [5.41, 5.74) is 0.723. The Labute approximate surface area is 217 Å². The molecule has 1 aromatic rings. The van der Waals surface area contributed by atoms with Crippen LogP contribution in [0.3, 0.4) is 0 Å². The first-order chi connectivity index (χ1) is 17.5. The molecule has 0 aromatic heterocycles. The van der Waals surface area contributed by atoms with Crippen molar-refractivity contribution in [1.29, 1.82) is 10.5 Å². The van der Waals surface area contributed by atoms with Crippen molar-refractivity contribution < 1.29 is 19.1 Å². The third-order valence-electron chi connectivity index (χ3n) is 7.32. The van der Waals surface area contributed by atoms with Crippen LogP contribution in [-0.4, -0.2) is 82.0 Å². The molecular formula is C27H34N6O4. The number of fused-ring (bicyclic) bond motifs is 2. The minimum absolute atomic E-state index is 0.0225. The average molecular weight is 507 g/mol. The van der Waals surface area contributed by atoms with Crippen LogP contribution in [0.5, 0.6) is 0 Å². The lowest BCUT2D eigenvalue weighted by Gasteiger charge is -2.39. The number of nitriles is 2. The Hall–Kier alpha value is -3.63. The SMILES string of the molecule is C[C@H](c1cccc(C#N)c1)N1C(=O)[C@@H]2CC1CN2C[C@H](NC(=O)OC(C)(C)C)C(=O)N1CCC[C@H]1C#N. The minimum atomic E-state index is -0.936. The highest BCUT2D eigenvalue weighted by atomic mass is 16.6. The van der Waals surface area contributed by atoms with Gasteiger partial charge in [-0.15, -0.1) is 0 Å². The number of alkyl carbamates (subject to hydrolysis) is 1. The summed E-state index contributed by atoms with van der Waals surface area (Å²) in [6, 6.07) is 9.54. The lowest BCUT2D eigenvalue weighted by Crippen LogP contribution is -2.59. The topological polar surface area (TPSA) is 130 Å². The zero-order valence-corrected chi connectivity index (χ0v) is 21.8. The molecule has 5 atom stereocenters. The van der Waals surface area contributed by atoms with E-state index in [1.807, 2.05) is 34.9 Å². The van der Waals surface area contributed by atoms with Crippen molar-refractivity contribution in [3.63, 3.8) is 0 Å². The fraction of sp³-hybridized carbons (Fsp3) is 0.593. The molecule has 3 aliphatic heterocycles. The van der Waals surface area contributed by atoms with Gasteiger partial charge in [-0.3, -0.25) is 14.5 Å². The summed E-state index contributed by atoms with van der Waals surface area (Å²) in [7, 11) is 0. The molecule has 0 spiro atoms. The number of amides is 3. The number of hydrogen-bond acceptors (Lipinski definition) is 7. The Balaban J connectivity index is 1.48. The predicted octanol–water partition coefficient (Wildman–Crippen LogP) is 2.31. The fourth-order valence-corrected chi connectivity index (χ4v) is 5.66. The Morgan fingerprint density at radius 3 is 2.68 bits per heavy atom. The number of carbonyl (C=O) groups excluding carboxylic acids is 3. The largest absolute Gasteiger partial charge is 0.444 e. The standard InChI is InChI=1S/C27H34N6O4/c1-17(19-8-5-7-18(11-19)13-28)33-21-12-23(25(33)35)31(15-21)16-22(30-26(36)37-27(2,3)4)24(34)32-10-6-9-20(32)14-29/h5,7-8,11,17,20-23H,6,9-10,12,15-16H2,1-4H3,(H,30,36)/t17-,20+,21?,22+,23+/m1/s1. The molecule has 1 aromatic carbocycles. The van der Waals surface area contributed by atoms with E-state index in [2.05, 4.69) is 17.5 Å². The number of piperazine rings is 1. The van der Waals surface area contributed by atoms with E-state index in [4.69, 9.17) is 4.74 Å². The van der Waals surface area contributed by atoms with Crippen molar-refractivity contribution in [1.82, 2.24) is 20.0 Å². The van der Waals surface area contributed by atoms with Crippen molar-refractivity contribution in [2.45, 2.75) is 82.8 Å². The van der Waals surface area contributed by atoms with Crippen molar-refractivity contribution in [2.75, 3.05) is 19.6 Å². The van der Waals surface area contributed by atoms with Gasteiger partial charge in [0.2, 0.25) is 11.8 Å². The maximum Gasteiger partial charge on any atom is 0.408 e. The first-order valence-corrected chi connectivity index (χ1v) is 12.8. The van der Waals surface area contributed by atoms with Crippen LogP contribution < -0.4 is 5.32 Å². The van der Waals surface area contributed by atoms with Gasteiger partial charge in [0, 0.05) is 25.7 Å². The average Bonchev–Trinajstić information content (AvgIpc) is 3.56. The van der Waals surface area contributed by atoms with Crippen LogP contribution in [0.25, 0.3) is 0 Å². The van der Waals surface area contributed by atoms with Gasteiger partial charge in [0.05, 0.1) is 29.8 Å². The van der Waals surface area contributed by atoms with Gasteiger partial charge < -0.3 is 19.9 Å². The molecule has 1 unspecified atom stereocenters. The van der Waals surface area contributed by atoms with Crippen LogP contribution in [0.2, 0.25) is 0 Å². The summed E-state index contributed by atoms with van der Waals surface area (Å²) >= 11 is 0. The molecule has 3 aliphatic rings. The van der Waals surface area contributed by atoms with E-state index < -0.39 is 29.8 Å². The second-order valence-corrected chi connectivity index (χ2v) is 11.0. The Bertz CT molecular complexity index is 1150. The molecule has 196 valence electrons. The molecule has 2 bridgehead atoms. The van der Waals surface area contributed by atoms with Gasteiger partial charge in [0.25, 0.3) is 0 Å². The van der Waals surface area contributed by atoms with E-state index in [0.717, 1.165) is 12.0 Å². The van der Waals surface area contributed by atoms with Gasteiger partial charge in [-0.2, -0.15) is 10.5 Å². The van der Waals surface area contributed by atoms with Crippen LogP contribution in [0.4, 0.5) is 4.79 Å². The summed E-state index contributed by atoms with van der Waals surface area (Å²) in [6.45, 7) is 8.39. The molecule has 37 heavy (non-hydrogen) atoms. The molecule has 3 saturated heterocycles. The number of rotatable bonds is 6. The number of ether oxygens (including phenoxy) is 1. The monoisotopic (exact) mass is 506 g/mol. The molecule has 10 nitrogen and oxygen atoms in total. The van der Waals surface area contributed by atoms with E-state index in [9.17, 15) is 24.9 Å². The second-order valence-electron chi connectivity index (χ2n) is 11.0. The van der Waals surface area contributed by atoms with Crippen molar-refractivity contribution in [2.24, 2.45) is 0 Å². The van der Waals surface area contributed by atoms with E-state index in [1.54, 1.807) is 26.8 Å². The van der Waals surface area contributed by atoms with E-state index in [0.29, 0.717) is 31.5 Å². The minimum Gasteiger partial charge on any atom is -0.444 e. The zero-order chi connectivity index (χ0) is 26.9. The highest BCUT2D eigenvalue weighted by Crippen LogP contribution is 2.38. The van der Waals surface area contributed by atoms with Crippen molar-refractivity contribution in [3.05, 3.63) is 35.4 Å². The number of nitrogens with zero attached hydrogens (tertiary/aromatic N) is 5. The van der Waals surface area contributed by atoms with E-state index >= 15 is 0 Å². The molecule has 0 radical (unpaired) electrons. The van der Waals surface area contributed by atoms with E-state index in [1.165, 1.54) is 4.90 Å². The summed E-state index contributed by atoms with van der Waals surface area (Å²) in [6.07, 6.45) is 1.27. The van der Waals surface area contributed by atoms with Gasteiger partial charge in [0.15, 0.2) is 0 Å². The Morgan fingerprint density at radius 1 is 1.27 bits per heavy atom. The maximum atomic E-state index is 13.5. The fourth-order valence-electron chi connectivity index (χ4n) is 5.66. The summed E-state index contributed by atoms with van der Waals surface area (Å²) in [5.74, 6) is -0.352. The molecular weight excluding hydrogens is 472 g/mol. The molecule has 3 fully saturated rings. The first kappa shape index (κ1) is 26.4. The highest BCUT2D eigenvalue weighted by Gasteiger charge is 2.52. The number of hydrogen-bond donors (Lipinski definition) is 1. The maximum absolute atomic E-state index is 13.5. The second kappa shape index (κ2) is 10.4. The number of benzene rings is 1. The predicted molar refractivity (Wildman–Crippen MR) is 134 cm³/mol. The number of nitrogens with one attached hydrogen (secondary N) is 1. The highest BCUT2D eigenvalue weighted by molar-refractivity contribution is 5.88. The van der Waals surface area contributed by atoms with Crippen LogP contribution in [0.15, 0.2) is 24.3 Å². The van der Waals surface area contributed by atoms with Gasteiger partial charge in [-0.05, 0) is 64.7 Å². The van der Waals surface area contributed by atoms with Crippen LogP contribution in [0.1, 0.15) is 64.1 Å². The normalized spacial score (nSPS) is 24.9. The third kappa shape index (κ3) is 5.55. The van der Waals surface area contributed by atoms with Crippen molar-refractivity contribution >= 4 is 17.9 Å². The molecule has 4 rings (SSSR count). The lowest BCUT2D eigenvalue weighted by atomic mass is 10.0. The molecule has 3 heterocycles. The Morgan fingerprint density at radius 2 is 2.03 bits per heavy atom. The van der Waals surface area contributed by atoms with Gasteiger partial charge in [-0.1, -0.05) is 12.1 Å². The summed E-state index contributed by atoms with van der Waals surface area (Å²) in [4.78, 5) is 44.9. The van der Waals surface area contributed by atoms with Crippen LogP contribution in [-0.2, 0) is 14.3 Å². The van der Waals surface area contributed by atoms with Crippen LogP contribution in [0, 0.1) is 22.7 Å². The third-order valence-corrected chi connectivity index (χ3v) is 7.32. The van der Waals surface area contributed by atoms with Gasteiger partial charge in [0.1, 0.15) is 17.7 Å². The van der Waals surface area contributed by atoms with Gasteiger partial charge in [-0.25, -0.2) is 4.79 Å². The van der Waals surface area contributed by atoms with Crippen LogP contribution >= 0.6 is 0 Å². The Kier molecular flexibility index (Phi) is 7.42. The molecule has 1 N–H and O–H groups in total. The van der Waals surface area contributed by atoms with Gasteiger partial charge >= 0.3 is 6.09 Å². The lowest BCUT2D eigenvalue weighted by molar-refractivity contribution is -0.141. The molecule has 10 heteroatoms. The van der Waals surface area contributed by atoms with Crippen molar-refractivity contribution in [3.8, 4) is 12.1 Å². The molecule has 0 saturated carbocycles. The number of carbonyl (C=O) groups is 3. The number of likely N-dealkylation sites (tertiary alicyclic amines) is 3. The summed E-state index contributed by atoms with van der Waals surface area (Å²) in [5, 5.41) is 21.4. The summed E-state index contributed by atoms with van der Waals surface area (Å²) < 4.78 is 5.40. The zero-order valence-electron chi connectivity index (χ0n) is 21.8. The van der Waals surface area contributed by atoms with E-state index in [-0.39, 0.29) is 30.4 Å².